The lowest BCUT2D eigenvalue weighted by Gasteiger charge is -1.93. The number of carbonyl (C=O) groups is 1. The highest BCUT2D eigenvalue weighted by Crippen LogP contribution is 2.04. The molecule has 0 saturated heterocycles. The van der Waals surface area contributed by atoms with Crippen molar-refractivity contribution < 1.29 is 4.79 Å². The van der Waals surface area contributed by atoms with Crippen molar-refractivity contribution in [1.29, 1.82) is 0 Å². The van der Waals surface area contributed by atoms with Gasteiger partial charge in [-0.05, 0) is 12.1 Å². The van der Waals surface area contributed by atoms with Gasteiger partial charge in [-0.1, -0.05) is 22.0 Å². The highest BCUT2D eigenvalue weighted by atomic mass is 79.9. The van der Waals surface area contributed by atoms with Crippen LogP contribution in [0, 0.1) is 0 Å². The smallest absolute Gasteiger partial charge is 0.211 e. The van der Waals surface area contributed by atoms with Crippen LogP contribution in [0.2, 0.25) is 0 Å². The summed E-state index contributed by atoms with van der Waals surface area (Å²) >= 11 is 3.09. The summed E-state index contributed by atoms with van der Waals surface area (Å²) in [7, 11) is 0. The summed E-state index contributed by atoms with van der Waals surface area (Å²) in [6, 6.07) is 5.49. The first-order chi connectivity index (χ1) is 6.33. The maximum atomic E-state index is 11.3. The lowest BCUT2D eigenvalue weighted by Crippen LogP contribution is -2.05. The zero-order chi connectivity index (χ0) is 9.26. The predicted molar refractivity (Wildman–Crippen MR) is 51.1 cm³/mol. The van der Waals surface area contributed by atoms with Crippen molar-refractivity contribution in [3.8, 4) is 0 Å². The van der Waals surface area contributed by atoms with Gasteiger partial charge < -0.3 is 0 Å². The fourth-order valence-corrected chi connectivity index (χ4v) is 1.34. The van der Waals surface area contributed by atoms with Crippen LogP contribution in [0.25, 0.3) is 5.65 Å². The Labute approximate surface area is 82.7 Å². The van der Waals surface area contributed by atoms with E-state index in [4.69, 9.17) is 0 Å². The predicted octanol–water partition coefficient (Wildman–Crippen LogP) is 1.31. The molecule has 0 radical (unpaired) electrons. The topological polar surface area (TPSA) is 47.3 Å². The summed E-state index contributed by atoms with van der Waals surface area (Å²) in [5, 5.41) is 7.93. The van der Waals surface area contributed by atoms with Crippen molar-refractivity contribution in [3.63, 3.8) is 0 Å². The molecule has 66 valence electrons. The van der Waals surface area contributed by atoms with Crippen molar-refractivity contribution in [2.24, 2.45) is 0 Å². The average molecular weight is 240 g/mol. The normalized spacial score (nSPS) is 10.5. The number of pyridine rings is 1. The molecule has 2 aromatic rings. The van der Waals surface area contributed by atoms with Crippen molar-refractivity contribution in [1.82, 2.24) is 14.6 Å². The van der Waals surface area contributed by atoms with Crippen molar-refractivity contribution >= 4 is 27.4 Å². The number of halogens is 1. The van der Waals surface area contributed by atoms with E-state index in [0.29, 0.717) is 11.5 Å². The molecule has 2 aromatic heterocycles. The van der Waals surface area contributed by atoms with Gasteiger partial charge in [-0.15, -0.1) is 10.2 Å². The Balaban J connectivity index is 2.64. The van der Waals surface area contributed by atoms with Crippen LogP contribution < -0.4 is 0 Å². The molecule has 2 heterocycles. The maximum absolute atomic E-state index is 11.3. The molecule has 0 unspecified atom stereocenters. The molecule has 0 saturated carbocycles. The number of alkyl halides is 1. The molecule has 4 nitrogen and oxygen atoms in total. The van der Waals surface area contributed by atoms with Gasteiger partial charge in [-0.3, -0.25) is 9.20 Å². The summed E-state index contributed by atoms with van der Waals surface area (Å²) < 4.78 is 1.67. The number of aromatic nitrogens is 3. The molecule has 2 rings (SSSR count). The SMILES string of the molecule is O=C(CBr)c1nnc2ccccn12. The molecule has 13 heavy (non-hydrogen) atoms. The molecule has 0 spiro atoms. The summed E-state index contributed by atoms with van der Waals surface area (Å²) in [5.41, 5.74) is 0.687. The third-order valence-corrected chi connectivity index (χ3v) is 2.19. The van der Waals surface area contributed by atoms with Crippen molar-refractivity contribution in [2.75, 3.05) is 5.33 Å². The average Bonchev–Trinajstić information content (AvgIpc) is 2.60. The van der Waals surface area contributed by atoms with E-state index in [9.17, 15) is 4.79 Å². The third kappa shape index (κ3) is 1.35. The number of nitrogens with zero attached hydrogens (tertiary/aromatic N) is 3. The fraction of sp³-hybridized carbons (Fsp3) is 0.125. The number of ketones is 1. The molecule has 0 atom stereocenters. The number of fused-ring (bicyclic) bond motifs is 1. The van der Waals surface area contributed by atoms with Gasteiger partial charge in [-0.2, -0.15) is 0 Å². The van der Waals surface area contributed by atoms with E-state index in [1.54, 1.807) is 16.7 Å². The van der Waals surface area contributed by atoms with E-state index in [1.165, 1.54) is 0 Å². The van der Waals surface area contributed by atoms with Crippen LogP contribution in [0.4, 0.5) is 0 Å². The molecule has 0 bridgehead atoms. The second kappa shape index (κ2) is 3.26. The number of Topliss-reactive ketones (excluding diaryl/α,β-unsaturated/α-hetero) is 1. The molecule has 0 aliphatic carbocycles. The minimum absolute atomic E-state index is 0.0706. The molecule has 0 N–H and O–H groups in total. The summed E-state index contributed by atoms with van der Waals surface area (Å²) in [6.07, 6.45) is 1.77. The van der Waals surface area contributed by atoms with Gasteiger partial charge in [-0.25, -0.2) is 0 Å². The van der Waals surface area contributed by atoms with E-state index >= 15 is 0 Å². The van der Waals surface area contributed by atoms with E-state index in [1.807, 2.05) is 12.1 Å². The van der Waals surface area contributed by atoms with Crippen LogP contribution in [0.15, 0.2) is 24.4 Å². The number of hydrogen-bond donors (Lipinski definition) is 0. The van der Waals surface area contributed by atoms with Crippen LogP contribution in [-0.2, 0) is 0 Å². The summed E-state index contributed by atoms with van der Waals surface area (Å²) in [4.78, 5) is 11.3. The van der Waals surface area contributed by atoms with Crippen LogP contribution in [0.1, 0.15) is 10.6 Å². The Hall–Kier alpha value is -1.23. The number of rotatable bonds is 2. The molecule has 0 fully saturated rings. The number of carbonyl (C=O) groups excluding carboxylic acids is 1. The largest absolute Gasteiger partial charge is 0.290 e. The Morgan fingerprint density at radius 3 is 3.08 bits per heavy atom. The maximum Gasteiger partial charge on any atom is 0.211 e. The van der Waals surface area contributed by atoms with Crippen LogP contribution in [-0.4, -0.2) is 25.7 Å². The number of hydrogen-bond acceptors (Lipinski definition) is 3. The van der Waals surface area contributed by atoms with Gasteiger partial charge >= 0.3 is 0 Å². The molecular weight excluding hydrogens is 234 g/mol. The zero-order valence-electron chi connectivity index (χ0n) is 6.64. The Morgan fingerprint density at radius 2 is 2.31 bits per heavy atom. The van der Waals surface area contributed by atoms with Crippen molar-refractivity contribution in [2.45, 2.75) is 0 Å². The van der Waals surface area contributed by atoms with Crippen LogP contribution in [0.3, 0.4) is 0 Å². The van der Waals surface area contributed by atoms with Crippen LogP contribution >= 0.6 is 15.9 Å². The lowest BCUT2D eigenvalue weighted by molar-refractivity contribution is 0.101. The van der Waals surface area contributed by atoms with Gasteiger partial charge in [0.1, 0.15) is 0 Å². The highest BCUT2D eigenvalue weighted by Gasteiger charge is 2.11. The molecular formula is C8H6BrN3O. The highest BCUT2D eigenvalue weighted by molar-refractivity contribution is 9.09. The lowest BCUT2D eigenvalue weighted by atomic mass is 10.4. The Bertz CT molecular complexity index is 451. The Morgan fingerprint density at radius 1 is 1.46 bits per heavy atom. The minimum Gasteiger partial charge on any atom is -0.290 e. The fourth-order valence-electron chi connectivity index (χ4n) is 1.09. The molecule has 0 aromatic carbocycles. The van der Waals surface area contributed by atoms with Gasteiger partial charge in [0.2, 0.25) is 11.6 Å². The van der Waals surface area contributed by atoms with Gasteiger partial charge in [0.15, 0.2) is 5.65 Å². The summed E-state index contributed by atoms with van der Waals surface area (Å²) in [5.74, 6) is 0.297. The van der Waals surface area contributed by atoms with Gasteiger partial charge in [0.05, 0.1) is 5.33 Å². The monoisotopic (exact) mass is 239 g/mol. The van der Waals surface area contributed by atoms with E-state index in [0.717, 1.165) is 0 Å². The van der Waals surface area contributed by atoms with E-state index < -0.39 is 0 Å². The second-order valence-electron chi connectivity index (χ2n) is 2.51. The first kappa shape index (κ1) is 8.37. The van der Waals surface area contributed by atoms with E-state index in [-0.39, 0.29) is 11.1 Å². The minimum atomic E-state index is -0.0706. The first-order valence-corrected chi connectivity index (χ1v) is 4.84. The standard InChI is InChI=1S/C8H6BrN3O/c9-5-6(13)8-11-10-7-3-1-2-4-12(7)8/h1-4H,5H2. The van der Waals surface area contributed by atoms with Crippen molar-refractivity contribution in [3.05, 3.63) is 30.2 Å². The quantitative estimate of drug-likeness (QED) is 0.587. The van der Waals surface area contributed by atoms with E-state index in [2.05, 4.69) is 26.1 Å². The van der Waals surface area contributed by atoms with Crippen LogP contribution in [0.5, 0.6) is 0 Å². The van der Waals surface area contributed by atoms with Gasteiger partial charge in [0, 0.05) is 6.20 Å². The molecule has 0 aliphatic heterocycles. The van der Waals surface area contributed by atoms with Gasteiger partial charge in [0.25, 0.3) is 0 Å². The first-order valence-electron chi connectivity index (χ1n) is 3.72. The third-order valence-electron chi connectivity index (χ3n) is 1.68. The second-order valence-corrected chi connectivity index (χ2v) is 3.07. The molecule has 0 aliphatic rings. The summed E-state index contributed by atoms with van der Waals surface area (Å²) in [6.45, 7) is 0. The zero-order valence-corrected chi connectivity index (χ0v) is 8.23. The Kier molecular flexibility index (Phi) is 2.10. The molecule has 0 amide bonds. The molecule has 5 heteroatoms.